The zero-order chi connectivity index (χ0) is 23.3. The van der Waals surface area contributed by atoms with Gasteiger partial charge < -0.3 is 9.80 Å². The summed E-state index contributed by atoms with van der Waals surface area (Å²) in [7, 11) is -3.47. The van der Waals surface area contributed by atoms with Gasteiger partial charge in [0, 0.05) is 51.0 Å². The first-order valence-electron chi connectivity index (χ1n) is 11.2. The molecule has 0 atom stereocenters. The highest BCUT2D eigenvalue weighted by Gasteiger charge is 2.22. The molecule has 3 rings (SSSR count). The van der Waals surface area contributed by atoms with E-state index in [0.29, 0.717) is 26.2 Å². The van der Waals surface area contributed by atoms with Gasteiger partial charge in [-0.1, -0.05) is 38.1 Å². The molecule has 0 bridgehead atoms. The zero-order valence-corrected chi connectivity index (χ0v) is 20.2. The molecule has 172 valence electrons. The number of carbonyl (C=O) groups is 1. The van der Waals surface area contributed by atoms with Gasteiger partial charge in [0.25, 0.3) is 0 Å². The molecule has 1 saturated heterocycles. The van der Waals surface area contributed by atoms with Crippen LogP contribution in [0.5, 0.6) is 0 Å². The van der Waals surface area contributed by atoms with Crippen molar-refractivity contribution in [3.8, 4) is 0 Å². The van der Waals surface area contributed by atoms with Gasteiger partial charge in [-0.2, -0.15) is 4.31 Å². The summed E-state index contributed by atoms with van der Waals surface area (Å²) in [6.45, 7) is 11.8. The minimum atomic E-state index is -3.47. The molecule has 0 N–H and O–H groups in total. The normalized spacial score (nSPS) is 15.0. The van der Waals surface area contributed by atoms with Gasteiger partial charge in [-0.3, -0.25) is 4.79 Å². The second-order valence-corrected chi connectivity index (χ2v) is 9.96. The fourth-order valence-corrected chi connectivity index (χ4v) is 5.44. The Labute approximate surface area is 192 Å². The van der Waals surface area contributed by atoms with Crippen molar-refractivity contribution in [2.45, 2.75) is 32.6 Å². The van der Waals surface area contributed by atoms with Crippen LogP contribution in [0.25, 0.3) is 6.08 Å². The van der Waals surface area contributed by atoms with Crippen LogP contribution in [0.4, 0.5) is 5.69 Å². The van der Waals surface area contributed by atoms with Crippen molar-refractivity contribution < 1.29 is 13.2 Å². The highest BCUT2D eigenvalue weighted by Crippen LogP contribution is 2.24. The molecule has 0 aliphatic carbocycles. The van der Waals surface area contributed by atoms with Crippen LogP contribution in [0.2, 0.25) is 0 Å². The lowest BCUT2D eigenvalue weighted by Crippen LogP contribution is -2.48. The monoisotopic (exact) mass is 455 g/mol. The number of anilines is 1. The molecule has 1 aliphatic rings. The first-order valence-corrected chi connectivity index (χ1v) is 12.6. The molecule has 2 aromatic rings. The fraction of sp³-hybridized carbons (Fsp3) is 0.400. The van der Waals surface area contributed by atoms with Crippen LogP contribution in [-0.4, -0.2) is 62.8 Å². The van der Waals surface area contributed by atoms with Gasteiger partial charge in [-0.05, 0) is 54.8 Å². The predicted octanol–water partition coefficient (Wildman–Crippen LogP) is 3.70. The number of piperazine rings is 1. The van der Waals surface area contributed by atoms with Crippen molar-refractivity contribution in [1.29, 1.82) is 0 Å². The van der Waals surface area contributed by atoms with Crippen molar-refractivity contribution in [3.63, 3.8) is 0 Å². The molecule has 2 aromatic carbocycles. The van der Waals surface area contributed by atoms with Gasteiger partial charge in [0.1, 0.15) is 0 Å². The number of sulfonamides is 1. The van der Waals surface area contributed by atoms with Gasteiger partial charge in [0.05, 0.1) is 4.90 Å². The number of benzene rings is 2. The van der Waals surface area contributed by atoms with E-state index in [4.69, 9.17) is 0 Å². The van der Waals surface area contributed by atoms with E-state index in [0.717, 1.165) is 18.7 Å². The van der Waals surface area contributed by atoms with Gasteiger partial charge in [0.15, 0.2) is 0 Å². The molecule has 0 aromatic heterocycles. The molecule has 1 amide bonds. The molecule has 1 fully saturated rings. The molecular weight excluding hydrogens is 422 g/mol. The topological polar surface area (TPSA) is 60.9 Å². The zero-order valence-electron chi connectivity index (χ0n) is 19.4. The van der Waals surface area contributed by atoms with Crippen molar-refractivity contribution in [2.75, 3.05) is 44.2 Å². The van der Waals surface area contributed by atoms with Gasteiger partial charge >= 0.3 is 0 Å². The summed E-state index contributed by atoms with van der Waals surface area (Å²) in [5.74, 6) is -0.0227. The Morgan fingerprint density at radius 2 is 1.59 bits per heavy atom. The summed E-state index contributed by atoms with van der Waals surface area (Å²) >= 11 is 0. The third-order valence-electron chi connectivity index (χ3n) is 6.15. The van der Waals surface area contributed by atoms with Crippen LogP contribution in [-0.2, 0) is 14.8 Å². The molecule has 0 radical (unpaired) electrons. The highest BCUT2D eigenvalue weighted by molar-refractivity contribution is 7.89. The smallest absolute Gasteiger partial charge is 0.246 e. The van der Waals surface area contributed by atoms with E-state index in [-0.39, 0.29) is 10.8 Å². The summed E-state index contributed by atoms with van der Waals surface area (Å²) in [5.41, 5.74) is 4.61. The third-order valence-corrected chi connectivity index (χ3v) is 8.21. The van der Waals surface area contributed by atoms with Crippen LogP contribution in [0, 0.1) is 13.8 Å². The summed E-state index contributed by atoms with van der Waals surface area (Å²) in [4.78, 5) is 17.1. The van der Waals surface area contributed by atoms with Crippen LogP contribution >= 0.6 is 0 Å². The summed E-state index contributed by atoms with van der Waals surface area (Å²) in [5, 5.41) is 0. The van der Waals surface area contributed by atoms with E-state index in [1.54, 1.807) is 36.4 Å². The van der Waals surface area contributed by atoms with E-state index in [1.165, 1.54) is 21.1 Å². The van der Waals surface area contributed by atoms with E-state index in [2.05, 4.69) is 36.9 Å². The molecular formula is C25H33N3O3S. The third kappa shape index (κ3) is 5.22. The number of amides is 1. The van der Waals surface area contributed by atoms with Crippen LogP contribution in [0.1, 0.15) is 30.5 Å². The largest absolute Gasteiger partial charge is 0.368 e. The SMILES string of the molecule is CCN(CC)S(=O)(=O)c1ccc(C=CC(=O)N2CCN(c3cccc(C)c3C)CC2)cc1. The number of nitrogens with zero attached hydrogens (tertiary/aromatic N) is 3. The molecule has 1 aliphatic heterocycles. The Morgan fingerprint density at radius 3 is 2.19 bits per heavy atom. The van der Waals surface area contributed by atoms with Crippen LogP contribution < -0.4 is 4.90 Å². The molecule has 0 spiro atoms. The van der Waals surface area contributed by atoms with Crippen molar-refractivity contribution in [1.82, 2.24) is 9.21 Å². The maximum Gasteiger partial charge on any atom is 0.246 e. The lowest BCUT2D eigenvalue weighted by molar-refractivity contribution is -0.126. The minimum absolute atomic E-state index is 0.0227. The average Bonchev–Trinajstić information content (AvgIpc) is 2.80. The number of carbonyl (C=O) groups excluding carboxylic acids is 1. The van der Waals surface area contributed by atoms with Crippen LogP contribution in [0.3, 0.4) is 0 Å². The summed E-state index contributed by atoms with van der Waals surface area (Å²) in [6.07, 6.45) is 3.31. The number of rotatable bonds is 7. The Balaban J connectivity index is 1.60. The van der Waals surface area contributed by atoms with Gasteiger partial charge in [0.2, 0.25) is 15.9 Å². The number of hydrogen-bond acceptors (Lipinski definition) is 4. The second-order valence-electron chi connectivity index (χ2n) is 8.02. The second kappa shape index (κ2) is 10.3. The van der Waals surface area contributed by atoms with Crippen molar-refractivity contribution in [3.05, 3.63) is 65.2 Å². The Hall–Kier alpha value is -2.64. The van der Waals surface area contributed by atoms with Crippen molar-refractivity contribution >= 4 is 27.7 Å². The van der Waals surface area contributed by atoms with Gasteiger partial charge in [-0.15, -0.1) is 0 Å². The number of hydrogen-bond donors (Lipinski definition) is 0. The van der Waals surface area contributed by atoms with Crippen LogP contribution in [0.15, 0.2) is 53.4 Å². The van der Waals surface area contributed by atoms with Crippen molar-refractivity contribution in [2.24, 2.45) is 0 Å². The Morgan fingerprint density at radius 1 is 0.969 bits per heavy atom. The summed E-state index contributed by atoms with van der Waals surface area (Å²) < 4.78 is 26.6. The molecule has 32 heavy (non-hydrogen) atoms. The average molecular weight is 456 g/mol. The van der Waals surface area contributed by atoms with E-state index >= 15 is 0 Å². The maximum absolute atomic E-state index is 12.6. The highest BCUT2D eigenvalue weighted by atomic mass is 32.2. The Kier molecular flexibility index (Phi) is 7.74. The summed E-state index contributed by atoms with van der Waals surface area (Å²) in [6, 6.07) is 13.0. The Bertz CT molecular complexity index is 1070. The molecule has 6 nitrogen and oxygen atoms in total. The van der Waals surface area contributed by atoms with E-state index in [1.807, 2.05) is 18.7 Å². The van der Waals surface area contributed by atoms with E-state index < -0.39 is 10.0 Å². The first-order chi connectivity index (χ1) is 15.3. The molecule has 1 heterocycles. The number of aryl methyl sites for hydroxylation is 1. The lowest BCUT2D eigenvalue weighted by Gasteiger charge is -2.36. The minimum Gasteiger partial charge on any atom is -0.368 e. The molecule has 0 saturated carbocycles. The lowest BCUT2D eigenvalue weighted by atomic mass is 10.1. The first kappa shape index (κ1) is 24.0. The van der Waals surface area contributed by atoms with Gasteiger partial charge in [-0.25, -0.2) is 8.42 Å². The van der Waals surface area contributed by atoms with E-state index in [9.17, 15) is 13.2 Å². The quantitative estimate of drug-likeness (QED) is 0.598. The standard InChI is InChI=1S/C25H33N3O3S/c1-5-28(6-2)32(30,31)23-13-10-22(11-14-23)12-15-25(29)27-18-16-26(17-19-27)24-9-7-8-20(3)21(24)4/h7-15H,5-6,16-19H2,1-4H3. The molecule has 0 unspecified atom stereocenters. The predicted molar refractivity (Wildman–Crippen MR) is 130 cm³/mol. The maximum atomic E-state index is 12.6. The fourth-order valence-electron chi connectivity index (χ4n) is 3.98. The molecule has 7 heteroatoms.